The molecule has 9 nitrogen and oxygen atoms in total. The molecule has 4 aliphatic rings. The smallest absolute Gasteiger partial charge is 0.407 e. The molecule has 4 aliphatic carbocycles. The van der Waals surface area contributed by atoms with E-state index in [1.165, 1.54) is 12.1 Å². The number of nitrogens with one attached hydrogen (secondary N) is 2. The van der Waals surface area contributed by atoms with E-state index < -0.39 is 15.8 Å². The van der Waals surface area contributed by atoms with Crippen molar-refractivity contribution in [1.29, 1.82) is 0 Å². The number of ether oxygens (including phenoxy) is 1. The van der Waals surface area contributed by atoms with Crippen LogP contribution in [-0.2, 0) is 14.8 Å². The zero-order chi connectivity index (χ0) is 22.0. The lowest BCUT2D eigenvalue weighted by molar-refractivity contribution is -0.176. The predicted octanol–water partition coefficient (Wildman–Crippen LogP) is 2.39. The molecule has 11 heteroatoms. The summed E-state index contributed by atoms with van der Waals surface area (Å²) in [7, 11) is -3.98. The maximum Gasteiger partial charge on any atom is 0.407 e. The lowest BCUT2D eigenvalue weighted by atomic mass is 9.44. The van der Waals surface area contributed by atoms with Crippen molar-refractivity contribution in [2.75, 3.05) is 5.32 Å². The summed E-state index contributed by atoms with van der Waals surface area (Å²) in [5, 5.41) is 10.6. The number of benzene rings is 1. The number of aromatic nitrogens is 2. The number of carbonyl (C=O) groups is 1. The van der Waals surface area contributed by atoms with Crippen molar-refractivity contribution in [2.45, 2.75) is 48.6 Å². The van der Waals surface area contributed by atoms with E-state index in [1.54, 1.807) is 12.4 Å². The minimum Gasteiger partial charge on any atom is -0.446 e. The van der Waals surface area contributed by atoms with E-state index in [-0.39, 0.29) is 52.0 Å². The second-order valence-electron chi connectivity index (χ2n) is 8.80. The van der Waals surface area contributed by atoms with Crippen LogP contribution in [0.2, 0.25) is 0 Å². The van der Waals surface area contributed by atoms with Crippen LogP contribution in [0.1, 0.15) is 37.7 Å². The minimum absolute atomic E-state index is 0.0375. The number of halogens is 1. The Labute approximate surface area is 178 Å². The summed E-state index contributed by atoms with van der Waals surface area (Å²) < 4.78 is 42.3. The summed E-state index contributed by atoms with van der Waals surface area (Å²) in [6, 6.07) is 3.31. The van der Waals surface area contributed by atoms with Crippen molar-refractivity contribution in [2.24, 2.45) is 17.0 Å². The van der Waals surface area contributed by atoms with Crippen molar-refractivity contribution in [3.63, 3.8) is 0 Å². The van der Waals surface area contributed by atoms with Gasteiger partial charge >= 0.3 is 6.09 Å². The third-order valence-corrected chi connectivity index (χ3v) is 7.44. The van der Waals surface area contributed by atoms with Gasteiger partial charge in [0, 0.05) is 29.8 Å². The number of anilines is 2. The highest BCUT2D eigenvalue weighted by Gasteiger charge is 2.64. The summed E-state index contributed by atoms with van der Waals surface area (Å²) in [6.45, 7) is 2.01. The zero-order valence-electron chi connectivity index (χ0n) is 16.7. The quantitative estimate of drug-likeness (QED) is 0.618. The first-order valence-corrected chi connectivity index (χ1v) is 11.6. The molecule has 2 atom stereocenters. The molecule has 164 valence electrons. The maximum absolute atomic E-state index is 14.2. The summed E-state index contributed by atoms with van der Waals surface area (Å²) >= 11 is 0. The van der Waals surface area contributed by atoms with Crippen LogP contribution < -0.4 is 15.8 Å². The molecule has 2 unspecified atom stereocenters. The van der Waals surface area contributed by atoms with Crippen LogP contribution in [-0.4, -0.2) is 36.1 Å². The third-order valence-electron chi connectivity index (χ3n) is 6.53. The molecule has 31 heavy (non-hydrogen) atoms. The van der Waals surface area contributed by atoms with E-state index in [9.17, 15) is 17.6 Å². The SMILES string of the molecule is CC1(NC(=O)OC2C3CC2C3c2cnc(Nc3ccc(S(N)(=O)=O)cc3F)nc2)CC1. The molecule has 1 heterocycles. The Morgan fingerprint density at radius 3 is 2.48 bits per heavy atom. The van der Waals surface area contributed by atoms with Gasteiger partial charge < -0.3 is 15.4 Å². The molecule has 0 spiro atoms. The van der Waals surface area contributed by atoms with Gasteiger partial charge in [-0.05, 0) is 55.9 Å². The second kappa shape index (κ2) is 6.86. The zero-order valence-corrected chi connectivity index (χ0v) is 17.5. The highest BCUT2D eigenvalue weighted by Crippen LogP contribution is 2.64. The molecular formula is C20H22FN5O4S. The molecule has 4 saturated carbocycles. The number of alkyl carbamates (subject to hydrolysis) is 1. The van der Waals surface area contributed by atoms with Gasteiger partial charge in [-0.15, -0.1) is 0 Å². The van der Waals surface area contributed by atoms with Gasteiger partial charge in [0.2, 0.25) is 16.0 Å². The average Bonchev–Trinajstić information content (AvgIpc) is 3.37. The molecule has 1 amide bonds. The largest absolute Gasteiger partial charge is 0.446 e. The Hall–Kier alpha value is -2.79. The van der Waals surface area contributed by atoms with Gasteiger partial charge in [-0.25, -0.2) is 32.7 Å². The van der Waals surface area contributed by atoms with E-state index in [1.807, 2.05) is 6.92 Å². The van der Waals surface area contributed by atoms with Crippen LogP contribution in [0.5, 0.6) is 0 Å². The number of rotatable bonds is 6. The van der Waals surface area contributed by atoms with E-state index in [0.717, 1.165) is 30.9 Å². The maximum atomic E-state index is 14.2. The number of amides is 1. The normalized spacial score (nSPS) is 27.5. The monoisotopic (exact) mass is 447 g/mol. The minimum atomic E-state index is -3.98. The van der Waals surface area contributed by atoms with Gasteiger partial charge in [-0.3, -0.25) is 0 Å². The first-order chi connectivity index (χ1) is 14.6. The van der Waals surface area contributed by atoms with Gasteiger partial charge in [-0.2, -0.15) is 0 Å². The van der Waals surface area contributed by atoms with Crippen LogP contribution in [0, 0.1) is 17.7 Å². The van der Waals surface area contributed by atoms with Crippen LogP contribution in [0.25, 0.3) is 0 Å². The molecule has 4 N–H and O–H groups in total. The number of nitrogens with two attached hydrogens (primary N) is 1. The Morgan fingerprint density at radius 2 is 1.94 bits per heavy atom. The lowest BCUT2D eigenvalue weighted by Crippen LogP contribution is -2.64. The van der Waals surface area contributed by atoms with Crippen molar-refractivity contribution in [3.8, 4) is 0 Å². The second-order valence-corrected chi connectivity index (χ2v) is 10.4. The topological polar surface area (TPSA) is 136 Å². The van der Waals surface area contributed by atoms with E-state index >= 15 is 0 Å². The fourth-order valence-corrected chi connectivity index (χ4v) is 4.76. The van der Waals surface area contributed by atoms with Crippen LogP contribution in [0.15, 0.2) is 35.5 Å². The van der Waals surface area contributed by atoms with Gasteiger partial charge in [0.25, 0.3) is 0 Å². The predicted molar refractivity (Wildman–Crippen MR) is 108 cm³/mol. The number of sulfonamides is 1. The first-order valence-electron chi connectivity index (χ1n) is 10.0. The van der Waals surface area contributed by atoms with Gasteiger partial charge in [0.1, 0.15) is 11.9 Å². The number of primary sulfonamides is 1. The number of hydrogen-bond acceptors (Lipinski definition) is 7. The molecule has 0 aliphatic heterocycles. The Kier molecular flexibility index (Phi) is 4.45. The summed E-state index contributed by atoms with van der Waals surface area (Å²) in [6.07, 6.45) is 5.94. The van der Waals surface area contributed by atoms with Gasteiger partial charge in [0.05, 0.1) is 10.6 Å². The molecule has 2 aromatic rings. The molecule has 4 fully saturated rings. The van der Waals surface area contributed by atoms with Crippen LogP contribution in [0.4, 0.5) is 20.8 Å². The molecule has 6 rings (SSSR count). The summed E-state index contributed by atoms with van der Waals surface area (Å²) in [4.78, 5) is 20.2. The molecule has 2 bridgehead atoms. The van der Waals surface area contributed by atoms with Crippen LogP contribution >= 0.6 is 0 Å². The highest BCUT2D eigenvalue weighted by molar-refractivity contribution is 7.89. The molecular weight excluding hydrogens is 425 g/mol. The number of nitrogens with zero attached hydrogens (tertiary/aromatic N) is 2. The number of carbonyl (C=O) groups excluding carboxylic acids is 1. The van der Waals surface area contributed by atoms with Crippen molar-refractivity contribution in [3.05, 3.63) is 42.0 Å². The summed E-state index contributed by atoms with van der Waals surface area (Å²) in [5.74, 6) is 0.206. The molecule has 1 aromatic carbocycles. The average molecular weight is 447 g/mol. The standard InChI is InChI=1S/C20H22FN5O4S/c1-20(4-5-20)26-19(27)30-17-12-7-13(17)16(12)10-8-23-18(24-9-10)25-15-3-2-11(6-14(15)21)31(22,28)29/h2-3,6,8-9,12-13,16-17H,4-5,7H2,1H3,(H,26,27)(H2,22,28,29)(H,23,24,25). The number of hydrogen-bond donors (Lipinski definition) is 3. The van der Waals surface area contributed by atoms with Gasteiger partial charge in [-0.1, -0.05) is 0 Å². The van der Waals surface area contributed by atoms with Gasteiger partial charge in [0.15, 0.2) is 0 Å². The van der Waals surface area contributed by atoms with Crippen molar-refractivity contribution < 1.29 is 22.3 Å². The van der Waals surface area contributed by atoms with Crippen LogP contribution in [0.3, 0.4) is 0 Å². The lowest BCUT2D eigenvalue weighted by Gasteiger charge is -2.63. The fourth-order valence-electron chi connectivity index (χ4n) is 4.23. The van der Waals surface area contributed by atoms with E-state index in [2.05, 4.69) is 20.6 Å². The third kappa shape index (κ3) is 3.72. The summed E-state index contributed by atoms with van der Waals surface area (Å²) in [5.41, 5.74) is 0.890. The molecule has 0 saturated heterocycles. The Bertz CT molecular complexity index is 1140. The Balaban J connectivity index is 1.19. The molecule has 1 aromatic heterocycles. The van der Waals surface area contributed by atoms with Crippen molar-refractivity contribution in [1.82, 2.24) is 15.3 Å². The molecule has 0 radical (unpaired) electrons. The Morgan fingerprint density at radius 1 is 1.26 bits per heavy atom. The van der Waals surface area contributed by atoms with Crippen molar-refractivity contribution >= 4 is 27.8 Å². The van der Waals surface area contributed by atoms with E-state index in [0.29, 0.717) is 0 Å². The first kappa shape index (κ1) is 20.1. The fraction of sp³-hybridized carbons (Fsp3) is 0.450. The highest BCUT2D eigenvalue weighted by atomic mass is 32.2. The van der Waals surface area contributed by atoms with E-state index in [4.69, 9.17) is 9.88 Å².